The van der Waals surface area contributed by atoms with Crippen LogP contribution in [-0.4, -0.2) is 10.5 Å². The van der Waals surface area contributed by atoms with E-state index in [1.54, 1.807) is 13.0 Å². The Bertz CT molecular complexity index is 693. The highest BCUT2D eigenvalue weighted by molar-refractivity contribution is 7.08. The van der Waals surface area contributed by atoms with Gasteiger partial charge in [0.1, 0.15) is 16.4 Å². The normalized spacial score (nSPS) is 21.8. The molecule has 3 rings (SSSR count). The minimum atomic E-state index is -0.867. The second-order valence-corrected chi connectivity index (χ2v) is 5.43. The minimum absolute atomic E-state index is 0.108. The molecule has 92 valence electrons. The molecule has 0 saturated carbocycles. The highest BCUT2D eigenvalue weighted by atomic mass is 35.5. The molecule has 0 radical (unpaired) electrons. The van der Waals surface area contributed by atoms with E-state index in [1.807, 2.05) is 16.8 Å². The van der Waals surface area contributed by atoms with Gasteiger partial charge in [-0.05, 0) is 35.9 Å². The molecule has 1 N–H and O–H groups in total. The number of thiophene rings is 1. The molecule has 4 nitrogen and oxygen atoms in total. The highest BCUT2D eigenvalue weighted by Gasteiger charge is 2.41. The van der Waals surface area contributed by atoms with Crippen LogP contribution in [0.4, 0.5) is 0 Å². The predicted octanol–water partition coefficient (Wildman–Crippen LogP) is 2.03. The highest BCUT2D eigenvalue weighted by Crippen LogP contribution is 2.30. The van der Waals surface area contributed by atoms with Gasteiger partial charge in [-0.1, -0.05) is 11.6 Å². The van der Waals surface area contributed by atoms with Crippen molar-refractivity contribution in [3.8, 4) is 0 Å². The van der Waals surface area contributed by atoms with Gasteiger partial charge in [0.05, 0.1) is 0 Å². The molecule has 0 spiro atoms. The summed E-state index contributed by atoms with van der Waals surface area (Å²) in [4.78, 5) is 24.1. The summed E-state index contributed by atoms with van der Waals surface area (Å²) in [6.45, 7) is 1.79. The molecule has 18 heavy (non-hydrogen) atoms. The Labute approximate surface area is 112 Å². The van der Waals surface area contributed by atoms with Crippen molar-refractivity contribution in [1.82, 2.24) is 9.88 Å². The molecule has 2 aromatic rings. The van der Waals surface area contributed by atoms with Crippen LogP contribution >= 0.6 is 22.9 Å². The van der Waals surface area contributed by atoms with E-state index in [2.05, 4.69) is 5.32 Å². The van der Waals surface area contributed by atoms with Gasteiger partial charge in [-0.15, -0.1) is 0 Å². The van der Waals surface area contributed by atoms with E-state index < -0.39 is 5.66 Å². The van der Waals surface area contributed by atoms with Gasteiger partial charge < -0.3 is 5.32 Å². The van der Waals surface area contributed by atoms with E-state index in [1.165, 1.54) is 22.0 Å². The first-order chi connectivity index (χ1) is 8.54. The lowest BCUT2D eigenvalue weighted by atomic mass is 10.1. The van der Waals surface area contributed by atoms with Gasteiger partial charge in [-0.25, -0.2) is 0 Å². The zero-order valence-corrected chi connectivity index (χ0v) is 11.0. The van der Waals surface area contributed by atoms with Crippen molar-refractivity contribution in [1.29, 1.82) is 0 Å². The van der Waals surface area contributed by atoms with Gasteiger partial charge in [-0.2, -0.15) is 11.3 Å². The average Bonchev–Trinajstić information content (AvgIpc) is 2.92. The molecule has 0 saturated heterocycles. The van der Waals surface area contributed by atoms with Crippen LogP contribution in [0.5, 0.6) is 0 Å². The van der Waals surface area contributed by atoms with Crippen molar-refractivity contribution >= 4 is 28.8 Å². The smallest absolute Gasteiger partial charge is 0.272 e. The molecule has 1 unspecified atom stereocenters. The summed E-state index contributed by atoms with van der Waals surface area (Å²) in [5.41, 5.74) is -0.0303. The number of nitrogens with one attached hydrogen (secondary N) is 1. The maximum atomic E-state index is 12.2. The van der Waals surface area contributed by atoms with Crippen LogP contribution in [0.25, 0.3) is 0 Å². The van der Waals surface area contributed by atoms with Gasteiger partial charge in [0.2, 0.25) is 0 Å². The third kappa shape index (κ3) is 1.38. The number of hydrogen-bond acceptors (Lipinski definition) is 3. The molecule has 0 aromatic carbocycles. The molecule has 1 amide bonds. The average molecular weight is 281 g/mol. The van der Waals surface area contributed by atoms with E-state index in [9.17, 15) is 9.59 Å². The molecule has 1 aliphatic rings. The van der Waals surface area contributed by atoms with E-state index in [-0.39, 0.29) is 16.5 Å². The summed E-state index contributed by atoms with van der Waals surface area (Å²) in [6, 6.07) is 4.90. The summed E-state index contributed by atoms with van der Waals surface area (Å²) in [7, 11) is 0. The summed E-state index contributed by atoms with van der Waals surface area (Å²) in [6.07, 6.45) is 0. The van der Waals surface area contributed by atoms with Crippen molar-refractivity contribution in [3.63, 3.8) is 0 Å². The number of hydrogen-bond donors (Lipinski definition) is 1. The van der Waals surface area contributed by atoms with E-state index >= 15 is 0 Å². The molecular formula is C12H9ClN2O2S. The van der Waals surface area contributed by atoms with Gasteiger partial charge in [0.15, 0.2) is 0 Å². The van der Waals surface area contributed by atoms with Gasteiger partial charge in [-0.3, -0.25) is 14.2 Å². The summed E-state index contributed by atoms with van der Waals surface area (Å²) >= 11 is 7.37. The molecule has 0 bridgehead atoms. The SMILES string of the molecule is CC1(c2ccsc2)NC(=O)c2ccc(Cl)c(=O)n21. The lowest BCUT2D eigenvalue weighted by molar-refractivity contribution is 0.0941. The number of carbonyl (C=O) groups excluding carboxylic acids is 1. The van der Waals surface area contributed by atoms with Crippen LogP contribution in [0.3, 0.4) is 0 Å². The van der Waals surface area contributed by atoms with E-state index in [0.29, 0.717) is 5.69 Å². The number of halogens is 1. The fraction of sp³-hybridized carbons (Fsp3) is 0.167. The monoisotopic (exact) mass is 280 g/mol. The maximum Gasteiger partial charge on any atom is 0.272 e. The fourth-order valence-electron chi connectivity index (χ4n) is 2.22. The Balaban J connectivity index is 2.35. The van der Waals surface area contributed by atoms with E-state index in [4.69, 9.17) is 11.6 Å². The Kier molecular flexibility index (Phi) is 2.36. The van der Waals surface area contributed by atoms with Gasteiger partial charge >= 0.3 is 0 Å². The Hall–Kier alpha value is -1.59. The molecule has 1 aliphatic heterocycles. The lowest BCUT2D eigenvalue weighted by Crippen LogP contribution is -2.45. The first-order valence-electron chi connectivity index (χ1n) is 5.31. The molecule has 0 fully saturated rings. The topological polar surface area (TPSA) is 51.1 Å². The Morgan fingerprint density at radius 2 is 2.11 bits per heavy atom. The molecule has 3 heterocycles. The largest absolute Gasteiger partial charge is 0.324 e. The van der Waals surface area contributed by atoms with Crippen LogP contribution in [0.1, 0.15) is 23.0 Å². The minimum Gasteiger partial charge on any atom is -0.324 e. The van der Waals surface area contributed by atoms with Crippen molar-refractivity contribution in [3.05, 3.63) is 55.6 Å². The molecule has 2 aromatic heterocycles. The Morgan fingerprint density at radius 1 is 1.33 bits per heavy atom. The first kappa shape index (κ1) is 11.5. The zero-order valence-electron chi connectivity index (χ0n) is 9.44. The predicted molar refractivity (Wildman–Crippen MR) is 70.2 cm³/mol. The number of nitrogens with zero attached hydrogens (tertiary/aromatic N) is 1. The zero-order chi connectivity index (χ0) is 12.9. The molecule has 0 aliphatic carbocycles. The van der Waals surface area contributed by atoms with Crippen LogP contribution in [0.15, 0.2) is 33.8 Å². The fourth-order valence-corrected chi connectivity index (χ4v) is 3.13. The van der Waals surface area contributed by atoms with Gasteiger partial charge in [0.25, 0.3) is 11.5 Å². The number of carbonyl (C=O) groups is 1. The quantitative estimate of drug-likeness (QED) is 0.869. The number of fused-ring (bicyclic) bond motifs is 1. The summed E-state index contributed by atoms with van der Waals surface area (Å²) in [5, 5.41) is 6.75. The summed E-state index contributed by atoms with van der Waals surface area (Å²) < 4.78 is 1.42. The van der Waals surface area contributed by atoms with Crippen molar-refractivity contribution in [2.45, 2.75) is 12.6 Å². The van der Waals surface area contributed by atoms with Crippen LogP contribution in [-0.2, 0) is 5.66 Å². The molecule has 1 atom stereocenters. The van der Waals surface area contributed by atoms with Crippen LogP contribution < -0.4 is 10.9 Å². The standard InChI is InChI=1S/C12H9ClN2O2S/c1-12(7-4-5-18-6-7)14-10(16)9-3-2-8(13)11(17)15(9)12/h2-6H,1H3,(H,14,16). The maximum absolute atomic E-state index is 12.2. The van der Waals surface area contributed by atoms with E-state index in [0.717, 1.165) is 5.56 Å². The van der Waals surface area contributed by atoms with Gasteiger partial charge in [0, 0.05) is 5.56 Å². The number of aromatic nitrogens is 1. The summed E-state index contributed by atoms with van der Waals surface area (Å²) in [5.74, 6) is -0.266. The third-order valence-corrected chi connectivity index (χ3v) is 4.13. The molecule has 6 heteroatoms. The molecular weight excluding hydrogens is 272 g/mol. The second kappa shape index (κ2) is 3.70. The third-order valence-electron chi connectivity index (χ3n) is 3.16. The lowest BCUT2D eigenvalue weighted by Gasteiger charge is -2.26. The number of amides is 1. The van der Waals surface area contributed by atoms with Crippen molar-refractivity contribution < 1.29 is 4.79 Å². The number of pyridine rings is 1. The Morgan fingerprint density at radius 3 is 2.78 bits per heavy atom. The van der Waals surface area contributed by atoms with Crippen molar-refractivity contribution in [2.24, 2.45) is 0 Å². The van der Waals surface area contributed by atoms with Crippen LogP contribution in [0, 0.1) is 0 Å². The van der Waals surface area contributed by atoms with Crippen LogP contribution in [0.2, 0.25) is 5.02 Å². The first-order valence-corrected chi connectivity index (χ1v) is 6.63. The second-order valence-electron chi connectivity index (χ2n) is 4.25. The van der Waals surface area contributed by atoms with Crippen molar-refractivity contribution in [2.75, 3.05) is 0 Å². The number of rotatable bonds is 1.